The van der Waals surface area contributed by atoms with Gasteiger partial charge in [0.05, 0.1) is 0 Å². The molecule has 3 aromatic carbocycles. The number of amides is 1. The average Bonchev–Trinajstić information content (AvgIpc) is 3.24. The van der Waals surface area contributed by atoms with Crippen molar-refractivity contribution in [2.75, 3.05) is 13.1 Å². The lowest BCUT2D eigenvalue weighted by Gasteiger charge is -2.17. The molecule has 0 aromatic heterocycles. The summed E-state index contributed by atoms with van der Waals surface area (Å²) in [5, 5.41) is 5.60. The Morgan fingerprint density at radius 2 is 1.50 bits per heavy atom. The fourth-order valence-electron chi connectivity index (χ4n) is 4.11. The Hall–Kier alpha value is -2.65. The van der Waals surface area contributed by atoms with Crippen molar-refractivity contribution >= 4 is 16.7 Å². The monoisotopic (exact) mass is 372 g/mol. The summed E-state index contributed by atoms with van der Waals surface area (Å²) >= 11 is 0. The maximum Gasteiger partial charge on any atom is 0.220 e. The number of aryl methyl sites for hydroxylation is 1. The van der Waals surface area contributed by atoms with E-state index < -0.39 is 0 Å². The molecule has 1 aliphatic rings. The quantitative estimate of drug-likeness (QED) is 0.653. The van der Waals surface area contributed by atoms with Crippen molar-refractivity contribution in [3.8, 4) is 0 Å². The van der Waals surface area contributed by atoms with Crippen molar-refractivity contribution in [1.29, 1.82) is 0 Å². The number of benzene rings is 3. The van der Waals surface area contributed by atoms with Gasteiger partial charge in [-0.15, -0.1) is 0 Å². The maximum atomic E-state index is 12.5. The molecule has 0 aliphatic carbocycles. The van der Waals surface area contributed by atoms with E-state index in [9.17, 15) is 4.79 Å². The lowest BCUT2D eigenvalue weighted by molar-refractivity contribution is -0.121. The first-order valence-electron chi connectivity index (χ1n) is 10.3. The molecular formula is C25H28N2O. The Morgan fingerprint density at radius 1 is 0.821 bits per heavy atom. The van der Waals surface area contributed by atoms with Crippen LogP contribution in [0.3, 0.4) is 0 Å². The first kappa shape index (κ1) is 18.7. The van der Waals surface area contributed by atoms with Gasteiger partial charge in [-0.3, -0.25) is 9.69 Å². The maximum absolute atomic E-state index is 12.5. The number of hydrogen-bond acceptors (Lipinski definition) is 2. The van der Waals surface area contributed by atoms with Gasteiger partial charge in [0.15, 0.2) is 0 Å². The molecule has 1 amide bonds. The first-order valence-corrected chi connectivity index (χ1v) is 10.3. The number of rotatable bonds is 7. The van der Waals surface area contributed by atoms with Crippen molar-refractivity contribution in [3.05, 3.63) is 83.4 Å². The van der Waals surface area contributed by atoms with Gasteiger partial charge >= 0.3 is 0 Å². The summed E-state index contributed by atoms with van der Waals surface area (Å²) < 4.78 is 0. The normalized spacial score (nSPS) is 14.4. The Morgan fingerprint density at radius 3 is 2.36 bits per heavy atom. The molecule has 3 nitrogen and oxygen atoms in total. The molecule has 0 radical (unpaired) electrons. The minimum absolute atomic E-state index is 0.115. The molecule has 1 heterocycles. The molecule has 3 heteroatoms. The fourth-order valence-corrected chi connectivity index (χ4v) is 4.11. The highest BCUT2D eigenvalue weighted by Gasteiger charge is 2.14. The van der Waals surface area contributed by atoms with Crippen molar-refractivity contribution in [1.82, 2.24) is 10.2 Å². The van der Waals surface area contributed by atoms with E-state index >= 15 is 0 Å². The summed E-state index contributed by atoms with van der Waals surface area (Å²) in [6.45, 7) is 3.97. The van der Waals surface area contributed by atoms with Crippen LogP contribution in [-0.4, -0.2) is 23.9 Å². The smallest absolute Gasteiger partial charge is 0.220 e. The number of hydrogen-bond donors (Lipinski definition) is 1. The molecule has 1 fully saturated rings. The Balaban J connectivity index is 1.33. The molecule has 0 atom stereocenters. The highest BCUT2D eigenvalue weighted by molar-refractivity contribution is 5.86. The van der Waals surface area contributed by atoms with E-state index in [2.05, 4.69) is 76.9 Å². The van der Waals surface area contributed by atoms with Crippen molar-refractivity contribution < 1.29 is 4.79 Å². The zero-order chi connectivity index (χ0) is 19.2. The number of nitrogens with one attached hydrogen (secondary N) is 1. The first-order chi connectivity index (χ1) is 13.8. The van der Waals surface area contributed by atoms with Gasteiger partial charge < -0.3 is 5.32 Å². The molecule has 0 bridgehead atoms. The third-order valence-electron chi connectivity index (χ3n) is 5.69. The third kappa shape index (κ3) is 4.60. The number of carbonyl (C=O) groups is 1. The predicted octanol–water partition coefficient (Wildman–Crippen LogP) is 4.68. The van der Waals surface area contributed by atoms with Gasteiger partial charge in [-0.05, 0) is 59.8 Å². The molecule has 1 aliphatic heterocycles. The molecule has 3 aromatic rings. The Labute approximate surface area is 167 Å². The van der Waals surface area contributed by atoms with E-state index in [1.165, 1.54) is 53.4 Å². The highest BCUT2D eigenvalue weighted by Crippen LogP contribution is 2.20. The standard InChI is InChI=1S/C25H28N2O/c28-25(15-14-21-12-7-11-20-8-3-4-13-24(20)21)26-18-22-9-1-2-10-23(22)19-27-16-5-6-17-27/h1-4,7-13H,5-6,14-19H2,(H,26,28). The summed E-state index contributed by atoms with van der Waals surface area (Å²) in [4.78, 5) is 15.0. The Bertz CT molecular complexity index is 939. The van der Waals surface area contributed by atoms with Crippen LogP contribution >= 0.6 is 0 Å². The van der Waals surface area contributed by atoms with Gasteiger partial charge in [0.25, 0.3) is 0 Å². The van der Waals surface area contributed by atoms with Crippen LogP contribution in [-0.2, 0) is 24.3 Å². The van der Waals surface area contributed by atoms with Gasteiger partial charge in [0.1, 0.15) is 0 Å². The van der Waals surface area contributed by atoms with E-state index in [0.717, 1.165) is 13.0 Å². The highest BCUT2D eigenvalue weighted by atomic mass is 16.1. The largest absolute Gasteiger partial charge is 0.352 e. The lowest BCUT2D eigenvalue weighted by atomic mass is 10.0. The second-order valence-electron chi connectivity index (χ2n) is 7.67. The topological polar surface area (TPSA) is 32.3 Å². The van der Waals surface area contributed by atoms with Gasteiger partial charge in [0, 0.05) is 19.5 Å². The molecule has 0 unspecified atom stereocenters. The lowest BCUT2D eigenvalue weighted by Crippen LogP contribution is -2.25. The Kier molecular flexibility index (Phi) is 6.03. The van der Waals surface area contributed by atoms with E-state index in [1.807, 2.05) is 0 Å². The van der Waals surface area contributed by atoms with Crippen molar-refractivity contribution in [3.63, 3.8) is 0 Å². The minimum atomic E-state index is 0.115. The second kappa shape index (κ2) is 9.03. The summed E-state index contributed by atoms with van der Waals surface area (Å²) in [7, 11) is 0. The van der Waals surface area contributed by atoms with E-state index in [1.54, 1.807) is 0 Å². The average molecular weight is 373 g/mol. The zero-order valence-corrected chi connectivity index (χ0v) is 16.4. The molecule has 1 N–H and O–H groups in total. The van der Waals surface area contributed by atoms with Crippen LogP contribution in [0.5, 0.6) is 0 Å². The summed E-state index contributed by atoms with van der Waals surface area (Å²) in [5.74, 6) is 0.115. The molecule has 1 saturated heterocycles. The van der Waals surface area contributed by atoms with E-state index in [4.69, 9.17) is 0 Å². The number of likely N-dealkylation sites (tertiary alicyclic amines) is 1. The van der Waals surface area contributed by atoms with E-state index in [0.29, 0.717) is 13.0 Å². The van der Waals surface area contributed by atoms with Crippen LogP contribution in [0.4, 0.5) is 0 Å². The predicted molar refractivity (Wildman–Crippen MR) is 115 cm³/mol. The van der Waals surface area contributed by atoms with E-state index in [-0.39, 0.29) is 5.91 Å². The molecule has 144 valence electrons. The summed E-state index contributed by atoms with van der Waals surface area (Å²) in [5.41, 5.74) is 3.80. The molecule has 0 saturated carbocycles. The van der Waals surface area contributed by atoms with Crippen LogP contribution < -0.4 is 5.32 Å². The van der Waals surface area contributed by atoms with Crippen LogP contribution in [0.15, 0.2) is 66.7 Å². The number of nitrogens with zero attached hydrogens (tertiary/aromatic N) is 1. The molecule has 28 heavy (non-hydrogen) atoms. The minimum Gasteiger partial charge on any atom is -0.352 e. The number of carbonyl (C=O) groups excluding carboxylic acids is 1. The van der Waals surface area contributed by atoms with Crippen LogP contribution in [0, 0.1) is 0 Å². The summed E-state index contributed by atoms with van der Waals surface area (Å²) in [6.07, 6.45) is 3.88. The van der Waals surface area contributed by atoms with Crippen molar-refractivity contribution in [2.24, 2.45) is 0 Å². The zero-order valence-electron chi connectivity index (χ0n) is 16.4. The molecule has 4 rings (SSSR count). The SMILES string of the molecule is O=C(CCc1cccc2ccccc12)NCc1ccccc1CN1CCCC1. The van der Waals surface area contributed by atoms with Crippen molar-refractivity contribution in [2.45, 2.75) is 38.8 Å². The van der Waals surface area contributed by atoms with Gasteiger partial charge in [0.2, 0.25) is 5.91 Å². The van der Waals surface area contributed by atoms with Crippen LogP contribution in [0.2, 0.25) is 0 Å². The van der Waals surface area contributed by atoms with Gasteiger partial charge in [-0.1, -0.05) is 66.7 Å². The van der Waals surface area contributed by atoms with Crippen LogP contribution in [0.1, 0.15) is 36.0 Å². The summed E-state index contributed by atoms with van der Waals surface area (Å²) in [6, 6.07) is 23.2. The van der Waals surface area contributed by atoms with Crippen LogP contribution in [0.25, 0.3) is 10.8 Å². The molecular weight excluding hydrogens is 344 g/mol. The molecule has 0 spiro atoms. The van der Waals surface area contributed by atoms with Gasteiger partial charge in [-0.2, -0.15) is 0 Å². The number of fused-ring (bicyclic) bond motifs is 1. The van der Waals surface area contributed by atoms with Gasteiger partial charge in [-0.25, -0.2) is 0 Å². The third-order valence-corrected chi connectivity index (χ3v) is 5.69. The second-order valence-corrected chi connectivity index (χ2v) is 7.67. The fraction of sp³-hybridized carbons (Fsp3) is 0.320.